The molecule has 0 unspecified atom stereocenters. The van der Waals surface area contributed by atoms with Crippen LogP contribution in [0.2, 0.25) is 10.0 Å². The summed E-state index contributed by atoms with van der Waals surface area (Å²) in [4.78, 5) is 12.0. The first-order valence-electron chi connectivity index (χ1n) is 9.93. The maximum Gasteiger partial charge on any atom is 0.329 e. The fourth-order valence-corrected chi connectivity index (χ4v) is 4.71. The van der Waals surface area contributed by atoms with Crippen LogP contribution in [0.1, 0.15) is 24.2 Å². The van der Waals surface area contributed by atoms with Crippen LogP contribution in [-0.4, -0.2) is 26.2 Å². The van der Waals surface area contributed by atoms with E-state index in [1.165, 1.54) is 24.3 Å². The van der Waals surface area contributed by atoms with Crippen LogP contribution in [0.15, 0.2) is 63.8 Å². The van der Waals surface area contributed by atoms with Gasteiger partial charge < -0.3 is 9.84 Å². The summed E-state index contributed by atoms with van der Waals surface area (Å²) in [6, 6.07) is 11.2. The second-order valence-corrected chi connectivity index (χ2v) is 9.87. The van der Waals surface area contributed by atoms with Gasteiger partial charge in [0.05, 0.1) is 17.0 Å². The SMILES string of the molecule is O=C(NC/C(F)=C1/CCCc2onc(-c3ccc(Cl)cc3)c21)NS(=O)(=O)c1ccc(Cl)cc1. The van der Waals surface area contributed by atoms with Gasteiger partial charge >= 0.3 is 6.03 Å². The highest BCUT2D eigenvalue weighted by molar-refractivity contribution is 7.90. The van der Waals surface area contributed by atoms with Crippen molar-refractivity contribution in [1.29, 1.82) is 0 Å². The Bertz CT molecular complexity index is 1320. The van der Waals surface area contributed by atoms with Crippen LogP contribution >= 0.6 is 23.2 Å². The summed E-state index contributed by atoms with van der Waals surface area (Å²) < 4.78 is 47.0. The van der Waals surface area contributed by atoms with Crippen molar-refractivity contribution in [3.05, 3.63) is 75.7 Å². The van der Waals surface area contributed by atoms with Gasteiger partial charge in [0, 0.05) is 22.0 Å². The molecule has 1 heterocycles. The van der Waals surface area contributed by atoms with E-state index in [-0.39, 0.29) is 4.90 Å². The lowest BCUT2D eigenvalue weighted by Crippen LogP contribution is -2.40. The average molecular weight is 510 g/mol. The number of allylic oxidation sites excluding steroid dienone is 1. The van der Waals surface area contributed by atoms with Gasteiger partial charge in [0.25, 0.3) is 10.0 Å². The Kier molecular flexibility index (Phi) is 6.73. The summed E-state index contributed by atoms with van der Waals surface area (Å²) in [6.45, 7) is -0.498. The number of nitrogens with one attached hydrogen (secondary N) is 2. The summed E-state index contributed by atoms with van der Waals surface area (Å²) in [7, 11) is -4.13. The molecule has 3 aromatic rings. The molecule has 1 aromatic heterocycles. The van der Waals surface area contributed by atoms with E-state index in [1.54, 1.807) is 24.3 Å². The van der Waals surface area contributed by atoms with E-state index in [1.807, 2.05) is 4.72 Å². The van der Waals surface area contributed by atoms with Crippen LogP contribution in [0.4, 0.5) is 9.18 Å². The number of fused-ring (bicyclic) bond motifs is 1. The number of aromatic nitrogens is 1. The van der Waals surface area contributed by atoms with E-state index in [0.717, 1.165) is 5.56 Å². The van der Waals surface area contributed by atoms with Crippen LogP contribution < -0.4 is 10.0 Å². The summed E-state index contributed by atoms with van der Waals surface area (Å²) in [5.74, 6) is -0.0421. The zero-order valence-corrected chi connectivity index (χ0v) is 19.4. The van der Waals surface area contributed by atoms with E-state index in [2.05, 4.69) is 10.5 Å². The van der Waals surface area contributed by atoms with Gasteiger partial charge in [-0.25, -0.2) is 22.3 Å². The van der Waals surface area contributed by atoms with Gasteiger partial charge in [0.15, 0.2) is 0 Å². The molecule has 4 rings (SSSR count). The molecule has 0 fully saturated rings. The molecule has 0 saturated heterocycles. The number of carbonyl (C=O) groups is 1. The maximum absolute atomic E-state index is 15.1. The average Bonchev–Trinajstić information content (AvgIpc) is 3.22. The lowest BCUT2D eigenvalue weighted by Gasteiger charge is -2.16. The van der Waals surface area contributed by atoms with Crippen molar-refractivity contribution in [3.63, 3.8) is 0 Å². The van der Waals surface area contributed by atoms with E-state index >= 15 is 4.39 Å². The van der Waals surface area contributed by atoms with Crippen molar-refractivity contribution in [2.75, 3.05) is 6.54 Å². The molecule has 2 N–H and O–H groups in total. The second kappa shape index (κ2) is 9.54. The number of amides is 2. The minimum Gasteiger partial charge on any atom is -0.360 e. The third kappa shape index (κ3) is 5.21. The highest BCUT2D eigenvalue weighted by Crippen LogP contribution is 2.40. The number of hydrogen-bond acceptors (Lipinski definition) is 5. The summed E-state index contributed by atoms with van der Waals surface area (Å²) in [5.41, 5.74) is 2.12. The number of nitrogens with zero attached hydrogens (tertiary/aromatic N) is 1. The number of carbonyl (C=O) groups excluding carboxylic acids is 1. The van der Waals surface area contributed by atoms with Crippen LogP contribution in [0.5, 0.6) is 0 Å². The number of hydrogen-bond donors (Lipinski definition) is 2. The fourth-order valence-electron chi connectivity index (χ4n) is 3.53. The standard InChI is InChI=1S/C22H18Cl2FN3O4S/c23-14-6-4-13(5-7-14)21-20-17(2-1-3-19(20)32-27-21)18(25)12-26-22(29)28-33(30,31)16-10-8-15(24)9-11-16/h4-11H,1-3,12H2,(H2,26,28,29)/b18-17+. The molecule has 0 radical (unpaired) electrons. The third-order valence-corrected chi connectivity index (χ3v) is 6.95. The van der Waals surface area contributed by atoms with Crippen molar-refractivity contribution in [2.24, 2.45) is 0 Å². The minimum absolute atomic E-state index is 0.144. The Morgan fingerprint density at radius 3 is 2.33 bits per heavy atom. The molecule has 0 aliphatic heterocycles. The number of aryl methyl sites for hydroxylation is 1. The van der Waals surface area contributed by atoms with Gasteiger partial charge in [-0.1, -0.05) is 40.5 Å². The van der Waals surface area contributed by atoms with Crippen molar-refractivity contribution >= 4 is 44.8 Å². The van der Waals surface area contributed by atoms with Gasteiger partial charge in [-0.15, -0.1) is 0 Å². The van der Waals surface area contributed by atoms with Crippen LogP contribution in [0.25, 0.3) is 16.8 Å². The summed E-state index contributed by atoms with van der Waals surface area (Å²) in [6.07, 6.45) is 1.69. The van der Waals surface area contributed by atoms with Gasteiger partial charge in [-0.2, -0.15) is 0 Å². The first kappa shape index (κ1) is 23.3. The molecule has 11 heteroatoms. The second-order valence-electron chi connectivity index (χ2n) is 7.32. The Labute approximate surface area is 199 Å². The highest BCUT2D eigenvalue weighted by Gasteiger charge is 2.27. The number of urea groups is 1. The highest BCUT2D eigenvalue weighted by atomic mass is 35.5. The minimum atomic E-state index is -4.13. The molecule has 7 nitrogen and oxygen atoms in total. The molecule has 0 spiro atoms. The first-order chi connectivity index (χ1) is 15.7. The largest absolute Gasteiger partial charge is 0.360 e. The zero-order valence-electron chi connectivity index (χ0n) is 17.1. The van der Waals surface area contributed by atoms with Gasteiger partial charge in [0.1, 0.15) is 17.3 Å². The Morgan fingerprint density at radius 2 is 1.67 bits per heavy atom. The lowest BCUT2D eigenvalue weighted by molar-refractivity contribution is 0.246. The van der Waals surface area contributed by atoms with Crippen LogP contribution in [-0.2, 0) is 16.4 Å². The van der Waals surface area contributed by atoms with Gasteiger partial charge in [-0.05, 0) is 54.8 Å². The van der Waals surface area contributed by atoms with Crippen molar-refractivity contribution in [3.8, 4) is 11.3 Å². The molecule has 1 aliphatic rings. The molecular formula is C22H18Cl2FN3O4S. The zero-order chi connectivity index (χ0) is 23.6. The molecule has 33 heavy (non-hydrogen) atoms. The molecular weight excluding hydrogens is 492 g/mol. The van der Waals surface area contributed by atoms with E-state index in [0.29, 0.717) is 51.9 Å². The van der Waals surface area contributed by atoms with Crippen molar-refractivity contribution in [2.45, 2.75) is 24.2 Å². The number of sulfonamides is 1. The lowest BCUT2D eigenvalue weighted by atomic mass is 9.88. The molecule has 0 atom stereocenters. The Balaban J connectivity index is 1.51. The van der Waals surface area contributed by atoms with Crippen LogP contribution in [0.3, 0.4) is 0 Å². The number of halogens is 3. The maximum atomic E-state index is 15.1. The molecule has 172 valence electrons. The molecule has 2 amide bonds. The predicted octanol–water partition coefficient (Wildman–Crippen LogP) is 5.35. The van der Waals surface area contributed by atoms with Crippen LogP contribution in [0, 0.1) is 0 Å². The van der Waals surface area contributed by atoms with Crippen molar-refractivity contribution in [1.82, 2.24) is 15.2 Å². The topological polar surface area (TPSA) is 101 Å². The Morgan fingerprint density at radius 1 is 1.03 bits per heavy atom. The van der Waals surface area contributed by atoms with Gasteiger partial charge in [-0.3, -0.25) is 0 Å². The van der Waals surface area contributed by atoms with Gasteiger partial charge in [0.2, 0.25) is 0 Å². The monoisotopic (exact) mass is 509 g/mol. The number of benzene rings is 2. The number of rotatable bonds is 5. The van der Waals surface area contributed by atoms with Crippen molar-refractivity contribution < 1.29 is 22.1 Å². The Hall–Kier alpha value is -2.88. The third-order valence-electron chi connectivity index (χ3n) is 5.10. The fraction of sp³-hybridized carbons (Fsp3) is 0.182. The summed E-state index contributed by atoms with van der Waals surface area (Å²) >= 11 is 11.7. The van der Waals surface area contributed by atoms with E-state index in [9.17, 15) is 13.2 Å². The predicted molar refractivity (Wildman–Crippen MR) is 123 cm³/mol. The molecule has 0 bridgehead atoms. The first-order valence-corrected chi connectivity index (χ1v) is 12.2. The molecule has 1 aliphatic carbocycles. The quantitative estimate of drug-likeness (QED) is 0.482. The molecule has 2 aromatic carbocycles. The van der Waals surface area contributed by atoms with E-state index in [4.69, 9.17) is 27.7 Å². The smallest absolute Gasteiger partial charge is 0.329 e. The molecule has 0 saturated carbocycles. The summed E-state index contributed by atoms with van der Waals surface area (Å²) in [5, 5.41) is 7.27. The van der Waals surface area contributed by atoms with E-state index < -0.39 is 28.4 Å². The normalized spacial score (nSPS) is 15.0.